The van der Waals surface area contributed by atoms with Crippen molar-refractivity contribution in [2.45, 2.75) is 26.2 Å². The van der Waals surface area contributed by atoms with Crippen LogP contribution in [0, 0.1) is 12.8 Å². The predicted molar refractivity (Wildman–Crippen MR) is 79.2 cm³/mol. The molecule has 2 heterocycles. The van der Waals surface area contributed by atoms with Gasteiger partial charge in [-0.25, -0.2) is 9.97 Å². The fourth-order valence-electron chi connectivity index (χ4n) is 3.21. The zero-order chi connectivity index (χ0) is 13.9. The van der Waals surface area contributed by atoms with E-state index in [9.17, 15) is 0 Å². The van der Waals surface area contributed by atoms with E-state index in [1.54, 1.807) is 0 Å². The Bertz CT molecular complexity index is 471. The first-order valence-electron chi connectivity index (χ1n) is 7.61. The van der Waals surface area contributed by atoms with Crippen molar-refractivity contribution >= 4 is 5.95 Å². The lowest BCUT2D eigenvalue weighted by Gasteiger charge is -2.30. The molecule has 20 heavy (non-hydrogen) atoms. The minimum atomic E-state index is 0.726. The summed E-state index contributed by atoms with van der Waals surface area (Å²) >= 11 is 0. The molecule has 1 aromatic heterocycles. The largest absolute Gasteiger partial charge is 0.378 e. The maximum atomic E-state index is 5.40. The zero-order valence-corrected chi connectivity index (χ0v) is 12.5. The number of nitrogens with one attached hydrogen (secondary N) is 1. The molecule has 1 saturated heterocycles. The van der Waals surface area contributed by atoms with Crippen LogP contribution in [0.15, 0.2) is 0 Å². The maximum Gasteiger partial charge on any atom is 0.225 e. The molecule has 1 aromatic rings. The molecule has 1 aliphatic carbocycles. The van der Waals surface area contributed by atoms with Gasteiger partial charge in [0.2, 0.25) is 5.95 Å². The van der Waals surface area contributed by atoms with Gasteiger partial charge in [-0.3, -0.25) is 0 Å². The van der Waals surface area contributed by atoms with Crippen LogP contribution in [0.5, 0.6) is 0 Å². The molecule has 5 heteroatoms. The van der Waals surface area contributed by atoms with Crippen molar-refractivity contribution in [1.29, 1.82) is 0 Å². The Kier molecular flexibility index (Phi) is 4.17. The van der Waals surface area contributed by atoms with Gasteiger partial charge in [0, 0.05) is 24.5 Å². The molecule has 0 amide bonds. The van der Waals surface area contributed by atoms with E-state index in [0.717, 1.165) is 63.2 Å². The van der Waals surface area contributed by atoms with Crippen LogP contribution in [0.2, 0.25) is 0 Å². The highest BCUT2D eigenvalue weighted by atomic mass is 16.5. The molecule has 1 aliphatic heterocycles. The van der Waals surface area contributed by atoms with Crippen LogP contribution in [-0.4, -0.2) is 49.9 Å². The molecule has 0 saturated carbocycles. The molecule has 0 aromatic carbocycles. The van der Waals surface area contributed by atoms with Gasteiger partial charge in [-0.2, -0.15) is 0 Å². The number of aromatic nitrogens is 2. The Morgan fingerprint density at radius 1 is 1.30 bits per heavy atom. The van der Waals surface area contributed by atoms with E-state index in [2.05, 4.69) is 17.1 Å². The predicted octanol–water partition coefficient (Wildman–Crippen LogP) is 0.946. The Morgan fingerprint density at radius 2 is 2.10 bits per heavy atom. The van der Waals surface area contributed by atoms with Crippen LogP contribution in [0.25, 0.3) is 0 Å². The average Bonchev–Trinajstić information content (AvgIpc) is 2.49. The molecule has 110 valence electrons. The van der Waals surface area contributed by atoms with Crippen molar-refractivity contribution in [3.8, 4) is 0 Å². The van der Waals surface area contributed by atoms with E-state index in [1.165, 1.54) is 17.7 Å². The van der Waals surface area contributed by atoms with E-state index < -0.39 is 0 Å². The van der Waals surface area contributed by atoms with Crippen LogP contribution >= 0.6 is 0 Å². The Balaban J connectivity index is 1.82. The average molecular weight is 276 g/mol. The monoisotopic (exact) mass is 276 g/mol. The van der Waals surface area contributed by atoms with Gasteiger partial charge >= 0.3 is 0 Å². The van der Waals surface area contributed by atoms with Crippen molar-refractivity contribution in [3.05, 3.63) is 17.0 Å². The summed E-state index contributed by atoms with van der Waals surface area (Å²) in [5.74, 6) is 1.63. The van der Waals surface area contributed by atoms with Gasteiger partial charge in [-0.15, -0.1) is 0 Å². The molecule has 1 atom stereocenters. The van der Waals surface area contributed by atoms with Crippen molar-refractivity contribution in [1.82, 2.24) is 15.3 Å². The molecule has 5 nitrogen and oxygen atoms in total. The lowest BCUT2D eigenvalue weighted by molar-refractivity contribution is 0.122. The smallest absolute Gasteiger partial charge is 0.225 e. The molecule has 2 aliphatic rings. The van der Waals surface area contributed by atoms with Gasteiger partial charge in [-0.1, -0.05) is 0 Å². The Labute approximate surface area is 120 Å². The number of ether oxygens (including phenoxy) is 1. The molecular weight excluding hydrogens is 252 g/mol. The zero-order valence-electron chi connectivity index (χ0n) is 12.5. The third kappa shape index (κ3) is 2.79. The lowest BCUT2D eigenvalue weighted by Crippen LogP contribution is -2.38. The normalized spacial score (nSPS) is 22.7. The first-order valence-corrected chi connectivity index (χ1v) is 7.61. The minimum Gasteiger partial charge on any atom is -0.378 e. The van der Waals surface area contributed by atoms with E-state index in [4.69, 9.17) is 14.7 Å². The summed E-state index contributed by atoms with van der Waals surface area (Å²) in [4.78, 5) is 11.8. The quantitative estimate of drug-likeness (QED) is 0.890. The second-order valence-corrected chi connectivity index (χ2v) is 5.80. The number of hydrogen-bond donors (Lipinski definition) is 1. The molecule has 0 radical (unpaired) electrons. The van der Waals surface area contributed by atoms with Crippen molar-refractivity contribution in [2.75, 3.05) is 44.8 Å². The van der Waals surface area contributed by atoms with Crippen molar-refractivity contribution in [3.63, 3.8) is 0 Å². The maximum absolute atomic E-state index is 5.40. The first kappa shape index (κ1) is 13.8. The van der Waals surface area contributed by atoms with Crippen LogP contribution in [-0.2, 0) is 17.6 Å². The van der Waals surface area contributed by atoms with Gasteiger partial charge in [-0.05, 0) is 51.3 Å². The van der Waals surface area contributed by atoms with Crippen LogP contribution in [0.1, 0.15) is 23.4 Å². The van der Waals surface area contributed by atoms with Gasteiger partial charge < -0.3 is 15.0 Å². The van der Waals surface area contributed by atoms with Gasteiger partial charge in [0.25, 0.3) is 0 Å². The second-order valence-electron chi connectivity index (χ2n) is 5.80. The van der Waals surface area contributed by atoms with Gasteiger partial charge in [0.1, 0.15) is 0 Å². The molecule has 1 fully saturated rings. The standard InChI is InChI=1S/C15H24N4O/c1-11-13-9-12(10-16-2)3-4-14(13)18-15(17-11)19-5-7-20-8-6-19/h12,16H,3-10H2,1-2H3. The highest BCUT2D eigenvalue weighted by Crippen LogP contribution is 2.27. The van der Waals surface area contributed by atoms with E-state index in [0.29, 0.717) is 0 Å². The third-order valence-electron chi connectivity index (χ3n) is 4.36. The second kappa shape index (κ2) is 6.06. The summed E-state index contributed by atoms with van der Waals surface area (Å²) in [7, 11) is 2.03. The molecule has 0 bridgehead atoms. The number of rotatable bonds is 3. The van der Waals surface area contributed by atoms with Crippen LogP contribution in [0.4, 0.5) is 5.95 Å². The van der Waals surface area contributed by atoms with Crippen LogP contribution < -0.4 is 10.2 Å². The number of morpholine rings is 1. The highest BCUT2D eigenvalue weighted by Gasteiger charge is 2.24. The molecule has 1 N–H and O–H groups in total. The van der Waals surface area contributed by atoms with Crippen molar-refractivity contribution < 1.29 is 4.74 Å². The summed E-state index contributed by atoms with van der Waals surface area (Å²) in [6, 6.07) is 0. The number of fused-ring (bicyclic) bond motifs is 1. The van der Waals surface area contributed by atoms with E-state index in [-0.39, 0.29) is 0 Å². The number of aryl methyl sites for hydroxylation is 2. The van der Waals surface area contributed by atoms with Gasteiger partial charge in [0.05, 0.1) is 13.2 Å². The van der Waals surface area contributed by atoms with E-state index in [1.807, 2.05) is 7.05 Å². The Morgan fingerprint density at radius 3 is 2.85 bits per heavy atom. The number of nitrogens with zero attached hydrogens (tertiary/aromatic N) is 3. The molecular formula is C15H24N4O. The topological polar surface area (TPSA) is 50.3 Å². The highest BCUT2D eigenvalue weighted by molar-refractivity contribution is 5.38. The van der Waals surface area contributed by atoms with Crippen LogP contribution in [0.3, 0.4) is 0 Å². The summed E-state index contributed by atoms with van der Waals surface area (Å²) in [6.45, 7) is 6.59. The number of anilines is 1. The summed E-state index contributed by atoms with van der Waals surface area (Å²) in [5.41, 5.74) is 3.82. The first-order chi connectivity index (χ1) is 9.78. The van der Waals surface area contributed by atoms with Gasteiger partial charge in [0.15, 0.2) is 0 Å². The molecule has 0 spiro atoms. The minimum absolute atomic E-state index is 0.726. The SMILES string of the molecule is CNCC1CCc2nc(N3CCOCC3)nc(C)c2C1. The summed E-state index contributed by atoms with van der Waals surface area (Å²) < 4.78 is 5.40. The Hall–Kier alpha value is -1.20. The fourth-order valence-corrected chi connectivity index (χ4v) is 3.21. The van der Waals surface area contributed by atoms with E-state index >= 15 is 0 Å². The third-order valence-corrected chi connectivity index (χ3v) is 4.36. The summed E-state index contributed by atoms with van der Waals surface area (Å²) in [5, 5.41) is 3.29. The van der Waals surface area contributed by atoms with Crippen molar-refractivity contribution in [2.24, 2.45) is 5.92 Å². The lowest BCUT2D eigenvalue weighted by atomic mass is 9.86. The number of hydrogen-bond acceptors (Lipinski definition) is 5. The fraction of sp³-hybridized carbons (Fsp3) is 0.733. The molecule has 3 rings (SSSR count). The molecule has 1 unspecified atom stereocenters. The summed E-state index contributed by atoms with van der Waals surface area (Å²) in [6.07, 6.45) is 3.43.